The Bertz CT molecular complexity index is 311. The molecule has 0 aromatic carbocycles. The second kappa shape index (κ2) is 5.58. The minimum Gasteiger partial charge on any atom is -0.380 e. The van der Waals surface area contributed by atoms with Gasteiger partial charge in [0, 0.05) is 36.9 Å². The lowest BCUT2D eigenvalue weighted by atomic mass is 10.3. The Labute approximate surface area is 98.6 Å². The van der Waals surface area contributed by atoms with Crippen LogP contribution in [0.15, 0.2) is 22.8 Å². The van der Waals surface area contributed by atoms with E-state index >= 15 is 0 Å². The van der Waals surface area contributed by atoms with Crippen LogP contribution in [-0.2, 0) is 11.3 Å². The Kier molecular flexibility index (Phi) is 4.11. The zero-order chi connectivity index (χ0) is 10.5. The number of hydrogen-bond acceptors (Lipinski definition) is 3. The predicted molar refractivity (Wildman–Crippen MR) is 62.7 cm³/mol. The monoisotopic (exact) mass is 270 g/mol. The van der Waals surface area contributed by atoms with Crippen molar-refractivity contribution in [3.05, 3.63) is 28.5 Å². The van der Waals surface area contributed by atoms with Gasteiger partial charge >= 0.3 is 0 Å². The molecule has 82 valence electrons. The Hall–Kier alpha value is -0.450. The molecule has 0 N–H and O–H groups in total. The molecule has 4 heteroatoms. The zero-order valence-corrected chi connectivity index (χ0v) is 10.2. The van der Waals surface area contributed by atoms with E-state index in [2.05, 4.69) is 25.8 Å². The maximum atomic E-state index is 5.42. The van der Waals surface area contributed by atoms with Gasteiger partial charge in [0.05, 0.1) is 12.3 Å². The van der Waals surface area contributed by atoms with Crippen molar-refractivity contribution < 1.29 is 4.74 Å². The molecule has 0 radical (unpaired) electrons. The van der Waals surface area contributed by atoms with E-state index in [4.69, 9.17) is 4.74 Å². The standard InChI is InChI=1S/C11H15BrN2O/c12-10-3-1-4-13-11(10)9-14-5-2-7-15-8-6-14/h1,3-4H,2,5-9H2. The number of aromatic nitrogens is 1. The van der Waals surface area contributed by atoms with Gasteiger partial charge in [-0.05, 0) is 34.5 Å². The van der Waals surface area contributed by atoms with Crippen molar-refractivity contribution in [3.8, 4) is 0 Å². The number of hydrogen-bond donors (Lipinski definition) is 0. The maximum absolute atomic E-state index is 5.42. The quantitative estimate of drug-likeness (QED) is 0.823. The lowest BCUT2D eigenvalue weighted by Gasteiger charge is -2.18. The van der Waals surface area contributed by atoms with Gasteiger partial charge in [-0.25, -0.2) is 0 Å². The average molecular weight is 271 g/mol. The number of nitrogens with zero attached hydrogens (tertiary/aromatic N) is 2. The van der Waals surface area contributed by atoms with Crippen LogP contribution in [-0.4, -0.2) is 36.2 Å². The van der Waals surface area contributed by atoms with Crippen LogP contribution in [0.1, 0.15) is 12.1 Å². The third kappa shape index (κ3) is 3.26. The number of ether oxygens (including phenoxy) is 1. The fourth-order valence-electron chi connectivity index (χ4n) is 1.70. The van der Waals surface area contributed by atoms with Gasteiger partial charge in [0.25, 0.3) is 0 Å². The second-order valence-corrected chi connectivity index (χ2v) is 4.53. The van der Waals surface area contributed by atoms with Crippen molar-refractivity contribution in [2.24, 2.45) is 0 Å². The highest BCUT2D eigenvalue weighted by molar-refractivity contribution is 9.10. The Morgan fingerprint density at radius 3 is 3.20 bits per heavy atom. The lowest BCUT2D eigenvalue weighted by Crippen LogP contribution is -2.26. The summed E-state index contributed by atoms with van der Waals surface area (Å²) >= 11 is 3.52. The Morgan fingerprint density at radius 1 is 1.40 bits per heavy atom. The van der Waals surface area contributed by atoms with E-state index in [1.54, 1.807) is 0 Å². The number of pyridine rings is 1. The maximum Gasteiger partial charge on any atom is 0.0685 e. The van der Waals surface area contributed by atoms with Crippen LogP contribution in [0.3, 0.4) is 0 Å². The summed E-state index contributed by atoms with van der Waals surface area (Å²) in [6, 6.07) is 3.98. The second-order valence-electron chi connectivity index (χ2n) is 3.67. The van der Waals surface area contributed by atoms with Gasteiger partial charge in [-0.2, -0.15) is 0 Å². The van der Waals surface area contributed by atoms with Crippen LogP contribution >= 0.6 is 15.9 Å². The van der Waals surface area contributed by atoms with Crippen molar-refractivity contribution in [3.63, 3.8) is 0 Å². The Morgan fingerprint density at radius 2 is 2.33 bits per heavy atom. The molecule has 1 aliphatic rings. The normalized spacial score (nSPS) is 18.7. The molecular weight excluding hydrogens is 256 g/mol. The fourth-order valence-corrected chi connectivity index (χ4v) is 2.08. The predicted octanol–water partition coefficient (Wildman–Crippen LogP) is 2.07. The topological polar surface area (TPSA) is 25.4 Å². The largest absolute Gasteiger partial charge is 0.380 e. The molecule has 0 bridgehead atoms. The first kappa shape index (κ1) is 11.0. The lowest BCUT2D eigenvalue weighted by molar-refractivity contribution is 0.140. The number of halogens is 1. The highest BCUT2D eigenvalue weighted by atomic mass is 79.9. The zero-order valence-electron chi connectivity index (χ0n) is 8.66. The van der Waals surface area contributed by atoms with Crippen LogP contribution < -0.4 is 0 Å². The minimum absolute atomic E-state index is 0.838. The highest BCUT2D eigenvalue weighted by Crippen LogP contribution is 2.15. The van der Waals surface area contributed by atoms with Gasteiger partial charge in [-0.3, -0.25) is 9.88 Å². The summed E-state index contributed by atoms with van der Waals surface area (Å²) < 4.78 is 6.51. The molecular formula is C11H15BrN2O. The van der Waals surface area contributed by atoms with Gasteiger partial charge in [0.15, 0.2) is 0 Å². The molecule has 15 heavy (non-hydrogen) atoms. The fraction of sp³-hybridized carbons (Fsp3) is 0.545. The summed E-state index contributed by atoms with van der Waals surface area (Å²) in [7, 11) is 0. The van der Waals surface area contributed by atoms with Crippen LogP contribution in [0.5, 0.6) is 0 Å². The summed E-state index contributed by atoms with van der Waals surface area (Å²) in [5, 5.41) is 0. The van der Waals surface area contributed by atoms with Gasteiger partial charge in [0.1, 0.15) is 0 Å². The molecule has 0 atom stereocenters. The van der Waals surface area contributed by atoms with Crippen LogP contribution in [0.4, 0.5) is 0 Å². The first-order valence-corrected chi connectivity index (χ1v) is 6.05. The Balaban J connectivity index is 1.98. The molecule has 1 saturated heterocycles. The highest BCUT2D eigenvalue weighted by Gasteiger charge is 2.11. The van der Waals surface area contributed by atoms with Gasteiger partial charge in [-0.1, -0.05) is 0 Å². The SMILES string of the molecule is Brc1cccnc1CN1CCCOCC1. The third-order valence-electron chi connectivity index (χ3n) is 2.52. The summed E-state index contributed by atoms with van der Waals surface area (Å²) in [5.41, 5.74) is 1.11. The molecule has 0 unspecified atom stereocenters. The molecule has 1 aromatic heterocycles. The summed E-state index contributed by atoms with van der Waals surface area (Å²) in [6.07, 6.45) is 2.96. The first-order chi connectivity index (χ1) is 7.36. The van der Waals surface area contributed by atoms with E-state index < -0.39 is 0 Å². The molecule has 3 nitrogen and oxygen atoms in total. The molecule has 0 saturated carbocycles. The molecule has 2 heterocycles. The summed E-state index contributed by atoms with van der Waals surface area (Å²) in [4.78, 5) is 6.76. The molecule has 0 spiro atoms. The van der Waals surface area contributed by atoms with E-state index in [0.717, 1.165) is 49.4 Å². The number of rotatable bonds is 2. The van der Waals surface area contributed by atoms with Gasteiger partial charge in [-0.15, -0.1) is 0 Å². The van der Waals surface area contributed by atoms with Crippen molar-refractivity contribution in [2.75, 3.05) is 26.3 Å². The smallest absolute Gasteiger partial charge is 0.0685 e. The van der Waals surface area contributed by atoms with Crippen molar-refractivity contribution >= 4 is 15.9 Å². The van der Waals surface area contributed by atoms with Crippen molar-refractivity contribution in [1.82, 2.24) is 9.88 Å². The van der Waals surface area contributed by atoms with Crippen molar-refractivity contribution in [1.29, 1.82) is 0 Å². The van der Waals surface area contributed by atoms with E-state index in [0.29, 0.717) is 0 Å². The van der Waals surface area contributed by atoms with E-state index in [-0.39, 0.29) is 0 Å². The molecule has 0 aliphatic carbocycles. The molecule has 1 aliphatic heterocycles. The van der Waals surface area contributed by atoms with Gasteiger partial charge in [0.2, 0.25) is 0 Å². The molecule has 2 rings (SSSR count). The van der Waals surface area contributed by atoms with Gasteiger partial charge < -0.3 is 4.74 Å². The van der Waals surface area contributed by atoms with E-state index in [1.165, 1.54) is 0 Å². The third-order valence-corrected chi connectivity index (χ3v) is 3.24. The molecule has 1 fully saturated rings. The average Bonchev–Trinajstić information content (AvgIpc) is 2.50. The summed E-state index contributed by atoms with van der Waals surface area (Å²) in [5.74, 6) is 0. The molecule has 0 amide bonds. The molecule has 1 aromatic rings. The van der Waals surface area contributed by atoms with Crippen LogP contribution in [0.2, 0.25) is 0 Å². The van der Waals surface area contributed by atoms with E-state index in [9.17, 15) is 0 Å². The van der Waals surface area contributed by atoms with Crippen molar-refractivity contribution in [2.45, 2.75) is 13.0 Å². The van der Waals surface area contributed by atoms with E-state index in [1.807, 2.05) is 18.3 Å². The van der Waals surface area contributed by atoms with Crippen LogP contribution in [0, 0.1) is 0 Å². The summed E-state index contributed by atoms with van der Waals surface area (Å²) in [6.45, 7) is 4.74. The van der Waals surface area contributed by atoms with Crippen LogP contribution in [0.25, 0.3) is 0 Å². The first-order valence-electron chi connectivity index (χ1n) is 5.26. The minimum atomic E-state index is 0.838.